The summed E-state index contributed by atoms with van der Waals surface area (Å²) < 4.78 is 28.4. The number of nitrogens with one attached hydrogen (secondary N) is 1. The second kappa shape index (κ2) is 6.20. The van der Waals surface area contributed by atoms with Crippen LogP contribution in [0.25, 0.3) is 0 Å². The van der Waals surface area contributed by atoms with Crippen molar-refractivity contribution in [2.45, 2.75) is 32.6 Å². The first kappa shape index (κ1) is 13.4. The van der Waals surface area contributed by atoms with Crippen LogP contribution in [0.3, 0.4) is 0 Å². The number of rotatable bonds is 6. The molecule has 0 saturated heterocycles. The first-order valence-electron chi connectivity index (χ1n) is 5.31. The van der Waals surface area contributed by atoms with Gasteiger partial charge in [0.1, 0.15) is 0 Å². The number of hydrogen-bond acceptors (Lipinski definition) is 3. The molecule has 1 rings (SSSR count). The third-order valence-corrected chi connectivity index (χ3v) is 3.24. The van der Waals surface area contributed by atoms with Gasteiger partial charge in [-0.1, -0.05) is 13.3 Å². The number of amidine groups is 1. The number of unbranched alkanes of at least 4 members (excludes halogenated alkanes) is 1. The Bertz CT molecular complexity index is 390. The third kappa shape index (κ3) is 4.09. The molecule has 1 N–H and O–H groups in total. The Labute approximate surface area is 101 Å². The molecule has 0 bridgehead atoms. The topological polar surface area (TPSA) is 70.9 Å². The second-order valence-corrected chi connectivity index (χ2v) is 5.21. The van der Waals surface area contributed by atoms with E-state index in [0.717, 1.165) is 12.8 Å². The minimum absolute atomic E-state index is 0.388. The zero-order valence-corrected chi connectivity index (χ0v) is 10.8. The van der Waals surface area contributed by atoms with Crippen LogP contribution in [0.4, 0.5) is 0 Å². The molecule has 0 saturated carbocycles. The lowest BCUT2D eigenvalue weighted by atomic mass is 10.2. The van der Waals surface area contributed by atoms with E-state index in [2.05, 4.69) is 21.0 Å². The van der Waals surface area contributed by atoms with E-state index in [0.29, 0.717) is 36.8 Å². The summed E-state index contributed by atoms with van der Waals surface area (Å²) in [7, 11) is -3.55. The maximum absolute atomic E-state index is 11.2. The summed E-state index contributed by atoms with van der Waals surface area (Å²) in [4.78, 5) is 4.20. The van der Waals surface area contributed by atoms with Crippen LogP contribution in [0.15, 0.2) is 9.39 Å². The number of aliphatic imine (C=N–C) groups is 1. The van der Waals surface area contributed by atoms with E-state index in [9.17, 15) is 8.42 Å². The van der Waals surface area contributed by atoms with Gasteiger partial charge in [-0.15, -0.1) is 16.0 Å². The van der Waals surface area contributed by atoms with Crippen molar-refractivity contribution in [3.8, 4) is 0 Å². The van der Waals surface area contributed by atoms with E-state index in [4.69, 9.17) is 11.6 Å². The molecule has 92 valence electrons. The lowest BCUT2D eigenvalue weighted by Crippen LogP contribution is -2.27. The van der Waals surface area contributed by atoms with Gasteiger partial charge in [-0.3, -0.25) is 4.99 Å². The Kier molecular flexibility index (Phi) is 5.21. The highest BCUT2D eigenvalue weighted by Gasteiger charge is 2.25. The fraction of sp³-hybridized carbons (Fsp3) is 0.778. The van der Waals surface area contributed by atoms with E-state index < -0.39 is 10.2 Å². The average molecular weight is 266 g/mol. The molecule has 7 heteroatoms. The monoisotopic (exact) mass is 265 g/mol. The molecule has 1 heterocycles. The van der Waals surface area contributed by atoms with Crippen LogP contribution in [-0.4, -0.2) is 32.4 Å². The van der Waals surface area contributed by atoms with E-state index >= 15 is 0 Å². The standard InChI is InChI=1S/C9H16ClN3O2S/c1-2-3-7-11-9-8(5-4-6-10)12-16(14,15)13-9/h2-7H2,1H3,(H,11,13). The zero-order chi connectivity index (χ0) is 12.0. The van der Waals surface area contributed by atoms with E-state index in [1.165, 1.54) is 0 Å². The summed E-state index contributed by atoms with van der Waals surface area (Å²) in [6, 6.07) is 0. The van der Waals surface area contributed by atoms with Gasteiger partial charge in [0.2, 0.25) is 0 Å². The molecule has 1 aliphatic rings. The molecular formula is C9H16ClN3O2S. The molecule has 0 spiro atoms. The fourth-order valence-corrected chi connectivity index (χ4v) is 2.34. The van der Waals surface area contributed by atoms with Crippen molar-refractivity contribution in [1.82, 2.24) is 4.72 Å². The van der Waals surface area contributed by atoms with Crippen molar-refractivity contribution in [2.75, 3.05) is 12.4 Å². The molecule has 16 heavy (non-hydrogen) atoms. The predicted molar refractivity (Wildman–Crippen MR) is 66.7 cm³/mol. The molecule has 1 aliphatic heterocycles. The van der Waals surface area contributed by atoms with E-state index in [-0.39, 0.29) is 0 Å². The van der Waals surface area contributed by atoms with Crippen LogP contribution >= 0.6 is 11.6 Å². The van der Waals surface area contributed by atoms with Crippen molar-refractivity contribution in [1.29, 1.82) is 0 Å². The Morgan fingerprint density at radius 1 is 1.44 bits per heavy atom. The predicted octanol–water partition coefficient (Wildman–Crippen LogP) is 1.49. The van der Waals surface area contributed by atoms with Crippen LogP contribution in [0.1, 0.15) is 32.6 Å². The van der Waals surface area contributed by atoms with Gasteiger partial charge >= 0.3 is 10.2 Å². The van der Waals surface area contributed by atoms with Crippen molar-refractivity contribution in [3.05, 3.63) is 0 Å². The maximum Gasteiger partial charge on any atom is 0.343 e. The van der Waals surface area contributed by atoms with Crippen LogP contribution in [0.2, 0.25) is 0 Å². The largest absolute Gasteiger partial charge is 0.343 e. The first-order chi connectivity index (χ1) is 7.59. The molecular weight excluding hydrogens is 250 g/mol. The molecule has 0 unspecified atom stereocenters. The van der Waals surface area contributed by atoms with Crippen LogP contribution in [0.5, 0.6) is 0 Å². The Morgan fingerprint density at radius 3 is 2.81 bits per heavy atom. The summed E-state index contributed by atoms with van der Waals surface area (Å²) in [5.74, 6) is 0.875. The number of hydrogen-bond donors (Lipinski definition) is 1. The maximum atomic E-state index is 11.2. The van der Waals surface area contributed by atoms with Crippen LogP contribution in [-0.2, 0) is 10.2 Å². The Balaban J connectivity index is 2.70. The number of halogens is 1. The molecule has 0 atom stereocenters. The van der Waals surface area contributed by atoms with Gasteiger partial charge < -0.3 is 0 Å². The van der Waals surface area contributed by atoms with Gasteiger partial charge in [0.05, 0.1) is 5.71 Å². The van der Waals surface area contributed by atoms with E-state index in [1.807, 2.05) is 0 Å². The minimum Gasteiger partial charge on any atom is -0.266 e. The lowest BCUT2D eigenvalue weighted by Gasteiger charge is -2.00. The van der Waals surface area contributed by atoms with Gasteiger partial charge in [-0.05, 0) is 19.3 Å². The Morgan fingerprint density at radius 2 is 2.19 bits per heavy atom. The first-order valence-corrected chi connectivity index (χ1v) is 7.29. The zero-order valence-electron chi connectivity index (χ0n) is 9.24. The molecule has 0 radical (unpaired) electrons. The van der Waals surface area contributed by atoms with Crippen LogP contribution < -0.4 is 4.72 Å². The molecule has 0 fully saturated rings. The highest BCUT2D eigenvalue weighted by atomic mass is 35.5. The molecule has 0 aliphatic carbocycles. The lowest BCUT2D eigenvalue weighted by molar-refractivity contribution is 0.596. The normalized spacial score (nSPS) is 20.9. The number of alkyl halides is 1. The van der Waals surface area contributed by atoms with Crippen molar-refractivity contribution in [2.24, 2.45) is 9.39 Å². The highest BCUT2D eigenvalue weighted by molar-refractivity contribution is 7.89. The molecule has 0 amide bonds. The van der Waals surface area contributed by atoms with Gasteiger partial charge in [-0.25, -0.2) is 4.72 Å². The minimum atomic E-state index is -3.55. The molecule has 0 aromatic rings. The van der Waals surface area contributed by atoms with Crippen LogP contribution in [0, 0.1) is 0 Å². The molecule has 0 aromatic carbocycles. The molecule has 0 aromatic heterocycles. The number of nitrogens with zero attached hydrogens (tertiary/aromatic N) is 2. The SMILES string of the molecule is CCCCN=C1NS(=O)(=O)N=C1CCCCl. The van der Waals surface area contributed by atoms with Gasteiger partial charge in [0.25, 0.3) is 0 Å². The van der Waals surface area contributed by atoms with Crippen molar-refractivity contribution < 1.29 is 8.42 Å². The van der Waals surface area contributed by atoms with Crippen molar-refractivity contribution >= 4 is 33.4 Å². The van der Waals surface area contributed by atoms with E-state index in [1.54, 1.807) is 0 Å². The molecule has 5 nitrogen and oxygen atoms in total. The quantitative estimate of drug-likeness (QED) is 0.584. The highest BCUT2D eigenvalue weighted by Crippen LogP contribution is 2.07. The summed E-state index contributed by atoms with van der Waals surface area (Å²) in [6.45, 7) is 2.68. The Hall–Kier alpha value is -0.620. The van der Waals surface area contributed by atoms with Gasteiger partial charge in [0, 0.05) is 12.4 Å². The van der Waals surface area contributed by atoms with Gasteiger partial charge in [0.15, 0.2) is 5.84 Å². The van der Waals surface area contributed by atoms with Gasteiger partial charge in [-0.2, -0.15) is 8.42 Å². The summed E-state index contributed by atoms with van der Waals surface area (Å²) in [5, 5.41) is 0. The summed E-state index contributed by atoms with van der Waals surface area (Å²) in [5.41, 5.74) is 0.497. The fourth-order valence-electron chi connectivity index (χ4n) is 1.26. The summed E-state index contributed by atoms with van der Waals surface area (Å²) in [6.07, 6.45) is 3.21. The van der Waals surface area contributed by atoms with Crippen molar-refractivity contribution in [3.63, 3.8) is 0 Å². The average Bonchev–Trinajstić information content (AvgIpc) is 2.51. The second-order valence-electron chi connectivity index (χ2n) is 3.49. The summed E-state index contributed by atoms with van der Waals surface area (Å²) >= 11 is 5.56. The smallest absolute Gasteiger partial charge is 0.266 e. The third-order valence-electron chi connectivity index (χ3n) is 2.06.